The molecule has 7 heteroatoms. The van der Waals surface area contributed by atoms with Crippen molar-refractivity contribution in [2.45, 2.75) is 6.54 Å². The third-order valence-electron chi connectivity index (χ3n) is 4.91. The molecule has 0 aliphatic rings. The zero-order valence-electron chi connectivity index (χ0n) is 17.4. The molecule has 0 aliphatic heterocycles. The Balaban J connectivity index is 1.84. The summed E-state index contributed by atoms with van der Waals surface area (Å²) in [7, 11) is 1.63. The SMILES string of the molecule is COc1ccccc1-c1cc(-c2cc(Cl)ccc2OCC(=O)O)nn1Cc1ccccc1. The number of ether oxygens (including phenoxy) is 2. The highest BCUT2D eigenvalue weighted by Gasteiger charge is 2.18. The number of hydrogen-bond donors (Lipinski definition) is 1. The maximum atomic E-state index is 11.0. The summed E-state index contributed by atoms with van der Waals surface area (Å²) in [5.74, 6) is 0.0599. The van der Waals surface area contributed by atoms with Crippen molar-refractivity contribution in [3.8, 4) is 34.0 Å². The largest absolute Gasteiger partial charge is 0.496 e. The van der Waals surface area contributed by atoms with E-state index in [1.54, 1.807) is 25.3 Å². The molecule has 1 aromatic heterocycles. The van der Waals surface area contributed by atoms with Gasteiger partial charge in [0, 0.05) is 16.1 Å². The maximum absolute atomic E-state index is 11.0. The minimum atomic E-state index is -1.06. The third kappa shape index (κ3) is 4.76. The summed E-state index contributed by atoms with van der Waals surface area (Å²) < 4.78 is 13.0. The lowest BCUT2D eigenvalue weighted by Crippen LogP contribution is -2.10. The first-order valence-electron chi connectivity index (χ1n) is 9.95. The van der Waals surface area contributed by atoms with Gasteiger partial charge < -0.3 is 14.6 Å². The molecule has 0 fully saturated rings. The van der Waals surface area contributed by atoms with Gasteiger partial charge in [-0.2, -0.15) is 5.10 Å². The van der Waals surface area contributed by atoms with Crippen LogP contribution in [-0.4, -0.2) is 34.6 Å². The second kappa shape index (κ2) is 9.58. The minimum Gasteiger partial charge on any atom is -0.496 e. The van der Waals surface area contributed by atoms with E-state index in [4.69, 9.17) is 31.3 Å². The van der Waals surface area contributed by atoms with Crippen molar-refractivity contribution in [3.63, 3.8) is 0 Å². The first-order valence-corrected chi connectivity index (χ1v) is 10.3. The van der Waals surface area contributed by atoms with E-state index in [2.05, 4.69) is 0 Å². The van der Waals surface area contributed by atoms with Gasteiger partial charge in [0.2, 0.25) is 0 Å². The fourth-order valence-corrected chi connectivity index (χ4v) is 3.64. The summed E-state index contributed by atoms with van der Waals surface area (Å²) in [6, 6.07) is 24.7. The number of para-hydroxylation sites is 1. The van der Waals surface area contributed by atoms with Crippen molar-refractivity contribution < 1.29 is 19.4 Å². The monoisotopic (exact) mass is 448 g/mol. The van der Waals surface area contributed by atoms with Crippen LogP contribution in [0, 0.1) is 0 Å². The zero-order chi connectivity index (χ0) is 22.5. The highest BCUT2D eigenvalue weighted by molar-refractivity contribution is 6.31. The van der Waals surface area contributed by atoms with Crippen LogP contribution in [0.3, 0.4) is 0 Å². The lowest BCUT2D eigenvalue weighted by Gasteiger charge is -2.11. The van der Waals surface area contributed by atoms with Crippen LogP contribution in [0.2, 0.25) is 5.02 Å². The minimum absolute atomic E-state index is 0.396. The summed E-state index contributed by atoms with van der Waals surface area (Å²) in [5, 5.41) is 14.4. The fourth-order valence-electron chi connectivity index (χ4n) is 3.47. The highest BCUT2D eigenvalue weighted by Crippen LogP contribution is 2.37. The molecule has 1 N–H and O–H groups in total. The van der Waals surface area contributed by atoms with Gasteiger partial charge in [0.15, 0.2) is 6.61 Å². The van der Waals surface area contributed by atoms with Crippen LogP contribution in [-0.2, 0) is 11.3 Å². The van der Waals surface area contributed by atoms with Crippen LogP contribution in [0.1, 0.15) is 5.56 Å². The van der Waals surface area contributed by atoms with Gasteiger partial charge in [-0.25, -0.2) is 4.79 Å². The van der Waals surface area contributed by atoms with Crippen molar-refractivity contribution in [3.05, 3.63) is 89.4 Å². The van der Waals surface area contributed by atoms with Gasteiger partial charge in [-0.05, 0) is 42.0 Å². The molecule has 0 amide bonds. The Morgan fingerprint density at radius 2 is 1.72 bits per heavy atom. The Bertz CT molecular complexity index is 1240. The molecule has 0 atom stereocenters. The lowest BCUT2D eigenvalue weighted by atomic mass is 10.1. The topological polar surface area (TPSA) is 73.6 Å². The first kappa shape index (κ1) is 21.5. The van der Waals surface area contributed by atoms with Crippen LogP contribution < -0.4 is 9.47 Å². The van der Waals surface area contributed by atoms with E-state index >= 15 is 0 Å². The molecule has 0 spiro atoms. The normalized spacial score (nSPS) is 10.7. The van der Waals surface area contributed by atoms with Crippen LogP contribution in [0.4, 0.5) is 0 Å². The van der Waals surface area contributed by atoms with E-state index in [-0.39, 0.29) is 0 Å². The number of nitrogens with zero attached hydrogens (tertiary/aromatic N) is 2. The molecule has 0 radical (unpaired) electrons. The number of carboxylic acids is 1. The molecule has 0 saturated carbocycles. The molecule has 0 aliphatic carbocycles. The maximum Gasteiger partial charge on any atom is 0.341 e. The number of aliphatic carboxylic acids is 1. The number of benzene rings is 3. The smallest absolute Gasteiger partial charge is 0.341 e. The average Bonchev–Trinajstić information content (AvgIpc) is 3.22. The van der Waals surface area contributed by atoms with Gasteiger partial charge in [-0.1, -0.05) is 54.1 Å². The second-order valence-electron chi connectivity index (χ2n) is 7.08. The number of methoxy groups -OCH3 is 1. The van der Waals surface area contributed by atoms with Crippen molar-refractivity contribution >= 4 is 17.6 Å². The predicted molar refractivity (Wildman–Crippen MR) is 123 cm³/mol. The van der Waals surface area contributed by atoms with Crippen LogP contribution in [0.15, 0.2) is 78.9 Å². The average molecular weight is 449 g/mol. The summed E-state index contributed by atoms with van der Waals surface area (Å²) >= 11 is 6.24. The van der Waals surface area contributed by atoms with E-state index in [0.717, 1.165) is 22.6 Å². The molecular formula is C25H21ClN2O4. The highest BCUT2D eigenvalue weighted by atomic mass is 35.5. The molecule has 0 unspecified atom stereocenters. The summed E-state index contributed by atoms with van der Waals surface area (Å²) in [5.41, 5.74) is 4.06. The van der Waals surface area contributed by atoms with Gasteiger partial charge in [-0.15, -0.1) is 0 Å². The van der Waals surface area contributed by atoms with E-state index in [9.17, 15) is 4.79 Å². The molecule has 162 valence electrons. The summed E-state index contributed by atoms with van der Waals surface area (Å²) in [6.45, 7) is 0.0822. The third-order valence-corrected chi connectivity index (χ3v) is 5.14. The number of rotatable bonds is 8. The Labute approximate surface area is 190 Å². The van der Waals surface area contributed by atoms with Gasteiger partial charge in [0.25, 0.3) is 0 Å². The number of halogens is 1. The number of carbonyl (C=O) groups is 1. The Kier molecular flexibility index (Phi) is 6.42. The Hall–Kier alpha value is -3.77. The molecular weight excluding hydrogens is 428 g/mol. The summed E-state index contributed by atoms with van der Waals surface area (Å²) in [4.78, 5) is 11.0. The molecule has 0 bridgehead atoms. The summed E-state index contributed by atoms with van der Waals surface area (Å²) in [6.07, 6.45) is 0. The quantitative estimate of drug-likeness (QED) is 0.391. The Morgan fingerprint density at radius 1 is 0.969 bits per heavy atom. The van der Waals surface area contributed by atoms with Gasteiger partial charge in [-0.3, -0.25) is 4.68 Å². The van der Waals surface area contributed by atoms with Crippen LogP contribution in [0.5, 0.6) is 11.5 Å². The van der Waals surface area contributed by atoms with E-state index < -0.39 is 12.6 Å². The lowest BCUT2D eigenvalue weighted by molar-refractivity contribution is -0.139. The van der Waals surface area contributed by atoms with Crippen molar-refractivity contribution in [2.24, 2.45) is 0 Å². The molecule has 1 heterocycles. The van der Waals surface area contributed by atoms with E-state index in [1.165, 1.54) is 0 Å². The number of hydrogen-bond acceptors (Lipinski definition) is 4. The van der Waals surface area contributed by atoms with Crippen molar-refractivity contribution in [1.29, 1.82) is 0 Å². The number of carboxylic acid groups (broad SMARTS) is 1. The molecule has 32 heavy (non-hydrogen) atoms. The second-order valence-corrected chi connectivity index (χ2v) is 7.52. The Morgan fingerprint density at radius 3 is 2.47 bits per heavy atom. The van der Waals surface area contributed by atoms with Gasteiger partial charge in [0.05, 0.1) is 25.0 Å². The fraction of sp³-hybridized carbons (Fsp3) is 0.120. The van der Waals surface area contributed by atoms with Gasteiger partial charge in [0.1, 0.15) is 11.5 Å². The van der Waals surface area contributed by atoms with Gasteiger partial charge >= 0.3 is 5.97 Å². The number of aromatic nitrogens is 2. The van der Waals surface area contributed by atoms with Crippen molar-refractivity contribution in [1.82, 2.24) is 9.78 Å². The molecule has 0 saturated heterocycles. The molecule has 3 aromatic carbocycles. The first-order chi connectivity index (χ1) is 15.5. The molecule has 4 aromatic rings. The van der Waals surface area contributed by atoms with Crippen LogP contribution in [0.25, 0.3) is 22.5 Å². The molecule has 6 nitrogen and oxygen atoms in total. The predicted octanol–water partition coefficient (Wildman–Crippen LogP) is 5.39. The standard InChI is InChI=1S/C25H21ClN2O4/c1-31-23-10-6-5-9-19(23)22-14-21(27-28(22)15-17-7-3-2-4-8-17)20-13-18(26)11-12-24(20)32-16-25(29)30/h2-14H,15-16H2,1H3,(H,29,30). The van der Waals surface area contributed by atoms with E-state index in [1.807, 2.05) is 65.3 Å². The zero-order valence-corrected chi connectivity index (χ0v) is 18.1. The van der Waals surface area contributed by atoms with E-state index in [0.29, 0.717) is 28.6 Å². The van der Waals surface area contributed by atoms with Crippen LogP contribution >= 0.6 is 11.6 Å². The molecule has 4 rings (SSSR count). The van der Waals surface area contributed by atoms with Crippen molar-refractivity contribution in [2.75, 3.05) is 13.7 Å².